The molecule has 148 valence electrons. The lowest BCUT2D eigenvalue weighted by atomic mass is 9.51. The predicted octanol–water partition coefficient (Wildman–Crippen LogP) is 2.45. The van der Waals surface area contributed by atoms with Crippen molar-refractivity contribution >= 4 is 5.90 Å². The van der Waals surface area contributed by atoms with Crippen LogP contribution in [0.4, 0.5) is 0 Å². The van der Waals surface area contributed by atoms with Gasteiger partial charge in [-0.1, -0.05) is 0 Å². The molecular weight excluding hydrogens is 376 g/mol. The van der Waals surface area contributed by atoms with E-state index in [0.717, 1.165) is 0 Å². The quantitative estimate of drug-likeness (QED) is 0.764. The number of nitriles is 3. The van der Waals surface area contributed by atoms with E-state index in [1.54, 1.807) is 19.1 Å². The van der Waals surface area contributed by atoms with Crippen LogP contribution in [0.2, 0.25) is 0 Å². The van der Waals surface area contributed by atoms with Crippen LogP contribution in [0.15, 0.2) is 16.5 Å². The fraction of sp³-hybridized carbons (Fsp3) is 0.600. The molecule has 4 fully saturated rings. The fourth-order valence-corrected chi connectivity index (χ4v) is 5.40. The molecule has 29 heavy (non-hydrogen) atoms. The summed E-state index contributed by atoms with van der Waals surface area (Å²) in [4.78, 5) is 0. The molecule has 0 aromatic carbocycles. The summed E-state index contributed by atoms with van der Waals surface area (Å²) < 4.78 is 29.5. The maximum atomic E-state index is 10.3. The lowest BCUT2D eigenvalue weighted by Crippen LogP contribution is -2.63. The fourth-order valence-electron chi connectivity index (χ4n) is 5.40. The normalized spacial score (nSPS) is 38.5. The highest BCUT2D eigenvalue weighted by molar-refractivity contribution is 5.89. The highest BCUT2D eigenvalue weighted by Crippen LogP contribution is 2.70. The molecule has 1 N–H and O–H groups in total. The lowest BCUT2D eigenvalue weighted by Gasteiger charge is -2.53. The number of ether oxygens (including phenoxy) is 4. The number of nitrogens with zero attached hydrogens (tertiary/aromatic N) is 3. The highest BCUT2D eigenvalue weighted by atomic mass is 16.7. The van der Waals surface area contributed by atoms with Gasteiger partial charge in [0.1, 0.15) is 11.5 Å². The minimum Gasteiger partial charge on any atom is -0.464 e. The standard InChI is InChI=1S/C20H18N4O5/c1-12-2-3-13(27-12)15-17(9-21,10-22)19(11-23)14-8-18(25-6-7-26-18)4-5-20(14,28-15)29-16(19)24/h2-3,14-15,24H,4-8H2,1H3. The van der Waals surface area contributed by atoms with Crippen LogP contribution in [0.25, 0.3) is 0 Å². The zero-order chi connectivity index (χ0) is 20.5. The maximum absolute atomic E-state index is 10.3. The first-order chi connectivity index (χ1) is 13.9. The van der Waals surface area contributed by atoms with E-state index in [-0.39, 0.29) is 12.2 Å². The van der Waals surface area contributed by atoms with Crippen LogP contribution in [0.1, 0.15) is 36.9 Å². The molecule has 0 radical (unpaired) electrons. The maximum Gasteiger partial charge on any atom is 0.218 e. The Balaban J connectivity index is 1.72. The van der Waals surface area contributed by atoms with Gasteiger partial charge in [0.25, 0.3) is 0 Å². The number of hydrogen-bond acceptors (Lipinski definition) is 9. The van der Waals surface area contributed by atoms with Gasteiger partial charge < -0.3 is 23.4 Å². The number of nitrogens with one attached hydrogen (secondary N) is 1. The summed E-state index contributed by atoms with van der Waals surface area (Å²) in [6.07, 6.45) is -0.233. The monoisotopic (exact) mass is 394 g/mol. The molecule has 4 heterocycles. The van der Waals surface area contributed by atoms with Crippen molar-refractivity contribution in [1.29, 1.82) is 21.2 Å². The molecule has 4 unspecified atom stereocenters. The molecule has 1 aliphatic carbocycles. The van der Waals surface area contributed by atoms with Gasteiger partial charge in [0.2, 0.25) is 17.1 Å². The van der Waals surface area contributed by atoms with Crippen LogP contribution in [0, 0.1) is 63.1 Å². The van der Waals surface area contributed by atoms with Gasteiger partial charge in [-0.3, -0.25) is 5.41 Å². The third kappa shape index (κ3) is 1.94. The van der Waals surface area contributed by atoms with Gasteiger partial charge in [-0.25, -0.2) is 0 Å². The Kier molecular flexibility index (Phi) is 3.49. The molecule has 1 aromatic heterocycles. The van der Waals surface area contributed by atoms with Gasteiger partial charge in [0.05, 0.1) is 37.3 Å². The van der Waals surface area contributed by atoms with Gasteiger partial charge in [-0.2, -0.15) is 15.8 Å². The Labute approximate surface area is 166 Å². The third-order valence-corrected chi connectivity index (χ3v) is 6.75. The molecule has 4 aliphatic rings. The summed E-state index contributed by atoms with van der Waals surface area (Å²) in [5.41, 5.74) is -3.88. The summed E-state index contributed by atoms with van der Waals surface area (Å²) in [5.74, 6) is -2.60. The topological polar surface area (TPSA) is 145 Å². The Bertz CT molecular complexity index is 1010. The van der Waals surface area contributed by atoms with Gasteiger partial charge in [-0.15, -0.1) is 0 Å². The van der Waals surface area contributed by atoms with E-state index >= 15 is 0 Å². The largest absolute Gasteiger partial charge is 0.464 e. The Morgan fingerprint density at radius 1 is 1.07 bits per heavy atom. The summed E-state index contributed by atoms with van der Waals surface area (Å²) >= 11 is 0. The summed E-state index contributed by atoms with van der Waals surface area (Å²) in [6, 6.07) is 9.48. The molecule has 9 nitrogen and oxygen atoms in total. The van der Waals surface area contributed by atoms with Crippen molar-refractivity contribution in [3.63, 3.8) is 0 Å². The van der Waals surface area contributed by atoms with Gasteiger partial charge in [0, 0.05) is 19.3 Å². The molecule has 3 aliphatic heterocycles. The molecule has 1 aromatic rings. The van der Waals surface area contributed by atoms with Crippen molar-refractivity contribution in [2.75, 3.05) is 13.2 Å². The second kappa shape index (κ2) is 5.58. The molecular formula is C20H18N4O5. The van der Waals surface area contributed by atoms with Gasteiger partial charge in [0.15, 0.2) is 17.3 Å². The van der Waals surface area contributed by atoms with Crippen molar-refractivity contribution in [3.8, 4) is 18.2 Å². The molecule has 9 heteroatoms. The van der Waals surface area contributed by atoms with Crippen molar-refractivity contribution in [3.05, 3.63) is 23.7 Å². The van der Waals surface area contributed by atoms with Crippen LogP contribution in [0.3, 0.4) is 0 Å². The molecule has 2 bridgehead atoms. The second-order valence-electron chi connectivity index (χ2n) is 8.01. The van der Waals surface area contributed by atoms with Crippen LogP contribution in [-0.2, 0) is 18.9 Å². The number of rotatable bonds is 1. The van der Waals surface area contributed by atoms with E-state index in [9.17, 15) is 15.8 Å². The molecule has 3 saturated heterocycles. The summed E-state index contributed by atoms with van der Waals surface area (Å²) in [7, 11) is 0. The highest BCUT2D eigenvalue weighted by Gasteiger charge is 2.82. The van der Waals surface area contributed by atoms with E-state index in [1.165, 1.54) is 0 Å². The smallest absolute Gasteiger partial charge is 0.218 e. The minimum absolute atomic E-state index is 0.192. The molecule has 5 rings (SSSR count). The lowest BCUT2D eigenvalue weighted by molar-refractivity contribution is -0.332. The SMILES string of the molecule is Cc1ccc(C2OC34CCC5(CC3C(C#N)(C(=N)O4)C2(C#N)C#N)OCCO5)o1. The first kappa shape index (κ1) is 18.1. The third-order valence-electron chi connectivity index (χ3n) is 6.75. The molecule has 0 amide bonds. The van der Waals surface area contributed by atoms with E-state index in [1.807, 2.05) is 12.1 Å². The summed E-state index contributed by atoms with van der Waals surface area (Å²) in [5, 5.41) is 39.3. The number of aryl methyl sites for hydroxylation is 1. The summed E-state index contributed by atoms with van der Waals surface area (Å²) in [6.45, 7) is 2.59. The Morgan fingerprint density at radius 3 is 2.38 bits per heavy atom. The average Bonchev–Trinajstić information content (AvgIpc) is 3.40. The Hall–Kier alpha value is -2.90. The first-order valence-electron chi connectivity index (χ1n) is 9.45. The van der Waals surface area contributed by atoms with Crippen molar-refractivity contribution < 1.29 is 23.4 Å². The van der Waals surface area contributed by atoms with Crippen LogP contribution in [0.5, 0.6) is 0 Å². The van der Waals surface area contributed by atoms with Gasteiger partial charge >= 0.3 is 0 Å². The van der Waals surface area contributed by atoms with E-state index < -0.39 is 40.3 Å². The zero-order valence-corrected chi connectivity index (χ0v) is 15.7. The van der Waals surface area contributed by atoms with Crippen LogP contribution in [-0.4, -0.2) is 30.7 Å². The van der Waals surface area contributed by atoms with E-state index in [4.69, 9.17) is 28.8 Å². The van der Waals surface area contributed by atoms with Crippen molar-refractivity contribution in [2.45, 2.75) is 43.9 Å². The molecule has 1 spiro atoms. The predicted molar refractivity (Wildman–Crippen MR) is 92.5 cm³/mol. The second-order valence-corrected chi connectivity index (χ2v) is 8.01. The van der Waals surface area contributed by atoms with E-state index in [2.05, 4.69) is 6.07 Å². The van der Waals surface area contributed by atoms with Crippen molar-refractivity contribution in [2.24, 2.45) is 16.7 Å². The van der Waals surface area contributed by atoms with E-state index in [0.29, 0.717) is 31.8 Å². The Morgan fingerprint density at radius 2 is 1.79 bits per heavy atom. The van der Waals surface area contributed by atoms with Gasteiger partial charge in [-0.05, 0) is 19.1 Å². The molecule has 1 saturated carbocycles. The number of hydrogen-bond donors (Lipinski definition) is 1. The minimum atomic E-state index is -2.04. The van der Waals surface area contributed by atoms with Crippen molar-refractivity contribution in [1.82, 2.24) is 0 Å². The average molecular weight is 394 g/mol. The first-order valence-corrected chi connectivity index (χ1v) is 9.45. The van der Waals surface area contributed by atoms with Crippen LogP contribution < -0.4 is 0 Å². The zero-order valence-electron chi connectivity index (χ0n) is 15.7. The number of furan rings is 1. The van der Waals surface area contributed by atoms with Crippen LogP contribution >= 0.6 is 0 Å². The molecule has 4 atom stereocenters.